The minimum absolute atomic E-state index is 0.124. The molecule has 2 saturated heterocycles. The summed E-state index contributed by atoms with van der Waals surface area (Å²) in [6.45, 7) is 6.06. The van der Waals surface area contributed by atoms with Crippen molar-refractivity contribution in [2.45, 2.75) is 45.7 Å². The van der Waals surface area contributed by atoms with E-state index in [9.17, 15) is 4.79 Å². The Morgan fingerprint density at radius 3 is 2.73 bits per heavy atom. The fraction of sp³-hybridized carbons (Fsp3) is 0.917. The molecule has 2 aliphatic rings. The molecule has 2 rings (SSSR count). The highest BCUT2D eigenvalue weighted by Crippen LogP contribution is 2.34. The molecule has 2 heterocycles. The van der Waals surface area contributed by atoms with Crippen molar-refractivity contribution >= 4 is 17.5 Å². The molecule has 0 aliphatic carbocycles. The van der Waals surface area contributed by atoms with Gasteiger partial charge in [0.05, 0.1) is 6.04 Å². The van der Waals surface area contributed by atoms with Crippen LogP contribution in [0.5, 0.6) is 0 Å². The molecule has 3 atom stereocenters. The van der Waals surface area contributed by atoms with Crippen LogP contribution < -0.4 is 5.32 Å². The number of thioether (sulfide) groups is 1. The molecule has 0 aromatic carbocycles. The van der Waals surface area contributed by atoms with Crippen molar-refractivity contribution in [3.8, 4) is 0 Å². The molecule has 86 valence electrons. The van der Waals surface area contributed by atoms with Crippen LogP contribution in [0.15, 0.2) is 0 Å². The highest BCUT2D eigenvalue weighted by atomic mass is 32.2. The number of hydrogen-bond donors (Lipinski definition) is 1. The van der Waals surface area contributed by atoms with Crippen molar-refractivity contribution in [2.75, 3.05) is 11.5 Å². The van der Waals surface area contributed by atoms with Gasteiger partial charge < -0.3 is 5.32 Å². The van der Waals surface area contributed by atoms with Gasteiger partial charge in [0.25, 0.3) is 0 Å². The smallest absolute Gasteiger partial charge is 0.155 e. The molecule has 15 heavy (non-hydrogen) atoms. The van der Waals surface area contributed by atoms with Gasteiger partial charge in [-0.2, -0.15) is 11.8 Å². The molecule has 3 unspecified atom stereocenters. The molecule has 0 spiro atoms. The Hall–Kier alpha value is -0.0200. The van der Waals surface area contributed by atoms with E-state index in [0.717, 1.165) is 12.3 Å². The van der Waals surface area contributed by atoms with Crippen molar-refractivity contribution in [3.63, 3.8) is 0 Å². The van der Waals surface area contributed by atoms with E-state index >= 15 is 0 Å². The third-order valence-electron chi connectivity index (χ3n) is 3.48. The predicted octanol–water partition coefficient (Wildman–Crippen LogP) is 2.09. The first kappa shape index (κ1) is 11.5. The van der Waals surface area contributed by atoms with E-state index in [1.165, 1.54) is 17.9 Å². The summed E-state index contributed by atoms with van der Waals surface area (Å²) in [4.78, 5) is 12.1. The second-order valence-corrected chi connectivity index (χ2v) is 6.95. The monoisotopic (exact) mass is 227 g/mol. The number of nitrogens with one attached hydrogen (secondary N) is 1. The summed E-state index contributed by atoms with van der Waals surface area (Å²) in [6, 6.07) is 0.737. The van der Waals surface area contributed by atoms with Crippen LogP contribution in [0, 0.1) is 11.3 Å². The van der Waals surface area contributed by atoms with Gasteiger partial charge in [-0.1, -0.05) is 20.8 Å². The molecule has 2 nitrogen and oxygen atoms in total. The van der Waals surface area contributed by atoms with Gasteiger partial charge in [-0.15, -0.1) is 0 Å². The summed E-state index contributed by atoms with van der Waals surface area (Å²) in [6.07, 6.45) is 2.30. The van der Waals surface area contributed by atoms with Crippen LogP contribution in [0.2, 0.25) is 0 Å². The SMILES string of the molecule is CC(C)(C)C(=O)C1CC2CSCCC2N1. The van der Waals surface area contributed by atoms with Crippen LogP contribution in [0.3, 0.4) is 0 Å². The summed E-state index contributed by atoms with van der Waals surface area (Å²) in [5.41, 5.74) is -0.196. The molecule has 2 aliphatic heterocycles. The van der Waals surface area contributed by atoms with Crippen LogP contribution in [-0.2, 0) is 4.79 Å². The maximum atomic E-state index is 12.1. The molecular weight excluding hydrogens is 206 g/mol. The van der Waals surface area contributed by atoms with Crippen LogP contribution in [0.25, 0.3) is 0 Å². The zero-order valence-corrected chi connectivity index (χ0v) is 10.7. The largest absolute Gasteiger partial charge is 0.304 e. The van der Waals surface area contributed by atoms with Crippen molar-refractivity contribution < 1.29 is 4.79 Å². The fourth-order valence-electron chi connectivity index (χ4n) is 2.58. The predicted molar refractivity (Wildman–Crippen MR) is 65.2 cm³/mol. The number of carbonyl (C=O) groups is 1. The maximum Gasteiger partial charge on any atom is 0.155 e. The van der Waals surface area contributed by atoms with Gasteiger partial charge in [0, 0.05) is 11.5 Å². The topological polar surface area (TPSA) is 29.1 Å². The summed E-state index contributed by atoms with van der Waals surface area (Å²) in [5, 5.41) is 3.54. The Balaban J connectivity index is 2.00. The third kappa shape index (κ3) is 2.39. The molecule has 0 amide bonds. The quantitative estimate of drug-likeness (QED) is 0.743. The zero-order chi connectivity index (χ0) is 11.1. The van der Waals surface area contributed by atoms with Crippen LogP contribution in [0.4, 0.5) is 0 Å². The van der Waals surface area contributed by atoms with Crippen molar-refractivity contribution in [1.82, 2.24) is 5.32 Å². The molecule has 1 N–H and O–H groups in total. The van der Waals surface area contributed by atoms with Crippen LogP contribution in [-0.4, -0.2) is 29.4 Å². The summed E-state index contributed by atoms with van der Waals surface area (Å²) in [7, 11) is 0. The van der Waals surface area contributed by atoms with Crippen molar-refractivity contribution in [1.29, 1.82) is 0 Å². The second-order valence-electron chi connectivity index (χ2n) is 5.80. The number of rotatable bonds is 1. The molecule has 0 aromatic heterocycles. The molecule has 2 fully saturated rings. The van der Waals surface area contributed by atoms with Gasteiger partial charge in [-0.05, 0) is 30.3 Å². The van der Waals surface area contributed by atoms with E-state index in [0.29, 0.717) is 11.8 Å². The number of hydrogen-bond acceptors (Lipinski definition) is 3. The Bertz CT molecular complexity index is 245. The van der Waals surface area contributed by atoms with E-state index in [2.05, 4.69) is 5.32 Å². The van der Waals surface area contributed by atoms with E-state index in [1.54, 1.807) is 0 Å². The Morgan fingerprint density at radius 1 is 1.40 bits per heavy atom. The minimum Gasteiger partial charge on any atom is -0.304 e. The van der Waals surface area contributed by atoms with Crippen molar-refractivity contribution in [3.05, 3.63) is 0 Å². The number of carbonyl (C=O) groups excluding carboxylic acids is 1. The van der Waals surface area contributed by atoms with E-state index in [-0.39, 0.29) is 11.5 Å². The van der Waals surface area contributed by atoms with Crippen LogP contribution >= 0.6 is 11.8 Å². The van der Waals surface area contributed by atoms with Gasteiger partial charge in [0.15, 0.2) is 5.78 Å². The van der Waals surface area contributed by atoms with Gasteiger partial charge in [0.2, 0.25) is 0 Å². The van der Waals surface area contributed by atoms with E-state index < -0.39 is 0 Å². The number of Topliss-reactive ketones (excluding diaryl/α,β-unsaturated/α-hetero) is 1. The summed E-state index contributed by atoms with van der Waals surface area (Å²) < 4.78 is 0. The number of ketones is 1. The lowest BCUT2D eigenvalue weighted by molar-refractivity contribution is -0.128. The number of fused-ring (bicyclic) bond motifs is 1. The van der Waals surface area contributed by atoms with Gasteiger partial charge in [0.1, 0.15) is 0 Å². The fourth-order valence-corrected chi connectivity index (χ4v) is 3.84. The van der Waals surface area contributed by atoms with Gasteiger partial charge >= 0.3 is 0 Å². The molecular formula is C12H21NOS. The van der Waals surface area contributed by atoms with E-state index in [4.69, 9.17) is 0 Å². The molecule has 0 radical (unpaired) electrons. The maximum absolute atomic E-state index is 12.1. The minimum atomic E-state index is -0.196. The standard InChI is InChI=1S/C12H21NOS/c1-12(2,3)11(14)10-6-8-7-15-5-4-9(8)13-10/h8-10,13H,4-7H2,1-3H3. The molecule has 0 bridgehead atoms. The summed E-state index contributed by atoms with van der Waals surface area (Å²) in [5.74, 6) is 3.62. The second kappa shape index (κ2) is 4.10. The highest BCUT2D eigenvalue weighted by molar-refractivity contribution is 7.99. The third-order valence-corrected chi connectivity index (χ3v) is 4.67. The zero-order valence-electron chi connectivity index (χ0n) is 9.88. The lowest BCUT2D eigenvalue weighted by Gasteiger charge is -2.24. The lowest BCUT2D eigenvalue weighted by Crippen LogP contribution is -2.42. The lowest BCUT2D eigenvalue weighted by atomic mass is 9.85. The Labute approximate surface area is 96.6 Å². The molecule has 3 heteroatoms. The molecule has 0 saturated carbocycles. The first-order valence-corrected chi connectivity index (χ1v) is 7.02. The van der Waals surface area contributed by atoms with Gasteiger partial charge in [-0.25, -0.2) is 0 Å². The highest BCUT2D eigenvalue weighted by Gasteiger charge is 2.41. The van der Waals surface area contributed by atoms with Crippen molar-refractivity contribution in [2.24, 2.45) is 11.3 Å². The first-order valence-electron chi connectivity index (χ1n) is 5.86. The average molecular weight is 227 g/mol. The van der Waals surface area contributed by atoms with Crippen LogP contribution in [0.1, 0.15) is 33.6 Å². The first-order chi connectivity index (χ1) is 6.98. The normalized spacial score (nSPS) is 36.3. The Morgan fingerprint density at radius 2 is 2.13 bits per heavy atom. The van der Waals surface area contributed by atoms with E-state index in [1.807, 2.05) is 32.5 Å². The summed E-state index contributed by atoms with van der Waals surface area (Å²) >= 11 is 2.04. The Kier molecular flexibility index (Phi) is 3.13. The average Bonchev–Trinajstić information content (AvgIpc) is 2.58. The molecule has 0 aromatic rings. The van der Waals surface area contributed by atoms with Gasteiger partial charge in [-0.3, -0.25) is 4.79 Å².